The predicted molar refractivity (Wildman–Crippen MR) is 89.8 cm³/mol. The Hall–Kier alpha value is -2.09. The first-order chi connectivity index (χ1) is 10.6. The molecule has 0 aliphatic carbocycles. The summed E-state index contributed by atoms with van der Waals surface area (Å²) in [6.07, 6.45) is 2.41. The highest BCUT2D eigenvalue weighted by molar-refractivity contribution is 5.76. The average Bonchev–Trinajstić information content (AvgIpc) is 2.55. The molecule has 0 bridgehead atoms. The van der Waals surface area contributed by atoms with Gasteiger partial charge in [0.1, 0.15) is 0 Å². The zero-order valence-corrected chi connectivity index (χ0v) is 13.4. The molecule has 114 valence electrons. The van der Waals surface area contributed by atoms with Crippen molar-refractivity contribution in [1.82, 2.24) is 4.90 Å². The molecule has 22 heavy (non-hydrogen) atoms. The Morgan fingerprint density at radius 3 is 2.59 bits per heavy atom. The van der Waals surface area contributed by atoms with Gasteiger partial charge in [0, 0.05) is 19.5 Å². The molecule has 2 nitrogen and oxygen atoms in total. The summed E-state index contributed by atoms with van der Waals surface area (Å²) in [5.74, 6) is 0.271. The third-order valence-corrected chi connectivity index (χ3v) is 4.68. The number of carbonyl (C=O) groups is 1. The monoisotopic (exact) mass is 293 g/mol. The Bertz CT molecular complexity index is 690. The molecule has 2 aromatic rings. The molecule has 2 heteroatoms. The van der Waals surface area contributed by atoms with E-state index in [9.17, 15) is 4.79 Å². The van der Waals surface area contributed by atoms with Crippen molar-refractivity contribution in [2.45, 2.75) is 39.7 Å². The zero-order chi connectivity index (χ0) is 15.5. The second-order valence-corrected chi connectivity index (χ2v) is 6.25. The van der Waals surface area contributed by atoms with E-state index in [0.717, 1.165) is 25.9 Å². The third-order valence-electron chi connectivity index (χ3n) is 4.68. The lowest BCUT2D eigenvalue weighted by Gasteiger charge is -2.29. The van der Waals surface area contributed by atoms with E-state index < -0.39 is 0 Å². The Labute approximate surface area is 132 Å². The first-order valence-electron chi connectivity index (χ1n) is 8.04. The summed E-state index contributed by atoms with van der Waals surface area (Å²) in [5, 5.41) is 0. The molecule has 0 fully saturated rings. The van der Waals surface area contributed by atoms with Gasteiger partial charge in [0.05, 0.1) is 0 Å². The zero-order valence-electron chi connectivity index (χ0n) is 13.4. The number of amides is 1. The maximum absolute atomic E-state index is 12.5. The summed E-state index contributed by atoms with van der Waals surface area (Å²) in [6, 6.07) is 14.9. The van der Waals surface area contributed by atoms with Crippen molar-refractivity contribution in [3.63, 3.8) is 0 Å². The number of fused-ring (bicyclic) bond motifs is 1. The van der Waals surface area contributed by atoms with E-state index in [4.69, 9.17) is 0 Å². The van der Waals surface area contributed by atoms with Crippen molar-refractivity contribution >= 4 is 5.91 Å². The van der Waals surface area contributed by atoms with Crippen LogP contribution in [0.15, 0.2) is 42.5 Å². The molecule has 1 aliphatic rings. The van der Waals surface area contributed by atoms with E-state index >= 15 is 0 Å². The average molecular weight is 293 g/mol. The highest BCUT2D eigenvalue weighted by Crippen LogP contribution is 2.19. The summed E-state index contributed by atoms with van der Waals surface area (Å²) in [5.41, 5.74) is 6.56. The van der Waals surface area contributed by atoms with E-state index in [-0.39, 0.29) is 5.91 Å². The van der Waals surface area contributed by atoms with Crippen LogP contribution in [0.3, 0.4) is 0 Å². The van der Waals surface area contributed by atoms with Gasteiger partial charge in [-0.25, -0.2) is 0 Å². The van der Waals surface area contributed by atoms with E-state index in [2.05, 4.69) is 56.3 Å². The Kier molecular flexibility index (Phi) is 4.28. The SMILES string of the molecule is Cc1ccc(CCC(=O)N2CCc3ccccc3C2)cc1C. The lowest BCUT2D eigenvalue weighted by molar-refractivity contribution is -0.132. The van der Waals surface area contributed by atoms with Crippen LogP contribution in [0.2, 0.25) is 0 Å². The highest BCUT2D eigenvalue weighted by atomic mass is 16.2. The Morgan fingerprint density at radius 1 is 1.05 bits per heavy atom. The van der Waals surface area contributed by atoms with Crippen molar-refractivity contribution < 1.29 is 4.79 Å². The van der Waals surface area contributed by atoms with Gasteiger partial charge in [0.2, 0.25) is 5.91 Å². The molecule has 0 radical (unpaired) electrons. The molecule has 1 heterocycles. The lowest BCUT2D eigenvalue weighted by atomic mass is 9.99. The molecule has 0 spiro atoms. The number of rotatable bonds is 3. The molecular weight excluding hydrogens is 270 g/mol. The largest absolute Gasteiger partial charge is 0.338 e. The van der Waals surface area contributed by atoms with Crippen LogP contribution in [0, 0.1) is 13.8 Å². The lowest BCUT2D eigenvalue weighted by Crippen LogP contribution is -2.36. The van der Waals surface area contributed by atoms with Gasteiger partial charge in [-0.15, -0.1) is 0 Å². The predicted octanol–water partition coefficient (Wildman–Crippen LogP) is 3.82. The molecule has 2 aromatic carbocycles. The van der Waals surface area contributed by atoms with Crippen molar-refractivity contribution in [3.8, 4) is 0 Å². The van der Waals surface area contributed by atoms with Gasteiger partial charge in [-0.2, -0.15) is 0 Å². The van der Waals surface area contributed by atoms with Crippen LogP contribution < -0.4 is 0 Å². The van der Waals surface area contributed by atoms with Crippen LogP contribution in [0.5, 0.6) is 0 Å². The fourth-order valence-electron chi connectivity index (χ4n) is 3.08. The standard InChI is InChI=1S/C20H23NO/c1-15-7-8-17(13-16(15)2)9-10-20(22)21-12-11-18-5-3-4-6-19(18)14-21/h3-8,13H,9-12,14H2,1-2H3. The van der Waals surface area contributed by atoms with Gasteiger partial charge in [0.15, 0.2) is 0 Å². The molecule has 1 amide bonds. The first-order valence-corrected chi connectivity index (χ1v) is 8.04. The van der Waals surface area contributed by atoms with Crippen molar-refractivity contribution in [1.29, 1.82) is 0 Å². The van der Waals surface area contributed by atoms with E-state index in [1.54, 1.807) is 0 Å². The van der Waals surface area contributed by atoms with E-state index in [1.165, 1.54) is 27.8 Å². The fourth-order valence-corrected chi connectivity index (χ4v) is 3.08. The third kappa shape index (κ3) is 3.22. The van der Waals surface area contributed by atoms with Crippen LogP contribution in [-0.2, 0) is 24.2 Å². The molecule has 0 aromatic heterocycles. The van der Waals surface area contributed by atoms with Gasteiger partial charge in [0.25, 0.3) is 0 Å². The molecule has 0 saturated heterocycles. The maximum Gasteiger partial charge on any atom is 0.223 e. The van der Waals surface area contributed by atoms with Crippen molar-refractivity contribution in [3.05, 3.63) is 70.3 Å². The first kappa shape index (κ1) is 14.8. The molecule has 0 atom stereocenters. The van der Waals surface area contributed by atoms with E-state index in [0.29, 0.717) is 6.42 Å². The molecule has 3 rings (SSSR count). The topological polar surface area (TPSA) is 20.3 Å². The van der Waals surface area contributed by atoms with Gasteiger partial charge < -0.3 is 4.90 Å². The second kappa shape index (κ2) is 6.35. The molecule has 0 N–H and O–H groups in total. The number of aryl methyl sites for hydroxylation is 3. The minimum Gasteiger partial charge on any atom is -0.338 e. The number of hydrogen-bond donors (Lipinski definition) is 0. The van der Waals surface area contributed by atoms with Crippen molar-refractivity contribution in [2.75, 3.05) is 6.54 Å². The smallest absolute Gasteiger partial charge is 0.223 e. The van der Waals surface area contributed by atoms with Crippen molar-refractivity contribution in [2.24, 2.45) is 0 Å². The van der Waals surface area contributed by atoms with E-state index in [1.807, 2.05) is 4.90 Å². The van der Waals surface area contributed by atoms with Gasteiger partial charge >= 0.3 is 0 Å². The van der Waals surface area contributed by atoms with Crippen LogP contribution in [-0.4, -0.2) is 17.4 Å². The molecule has 0 unspecified atom stereocenters. The maximum atomic E-state index is 12.5. The van der Waals surface area contributed by atoms with Crippen LogP contribution in [0.25, 0.3) is 0 Å². The summed E-state index contributed by atoms with van der Waals surface area (Å²) in [4.78, 5) is 14.5. The number of hydrogen-bond acceptors (Lipinski definition) is 1. The van der Waals surface area contributed by atoms with Gasteiger partial charge in [-0.3, -0.25) is 4.79 Å². The summed E-state index contributed by atoms with van der Waals surface area (Å²) < 4.78 is 0. The fraction of sp³-hybridized carbons (Fsp3) is 0.350. The second-order valence-electron chi connectivity index (χ2n) is 6.25. The quantitative estimate of drug-likeness (QED) is 0.842. The minimum absolute atomic E-state index is 0.271. The number of nitrogens with zero attached hydrogens (tertiary/aromatic N) is 1. The highest BCUT2D eigenvalue weighted by Gasteiger charge is 2.19. The summed E-state index contributed by atoms with van der Waals surface area (Å²) in [7, 11) is 0. The summed E-state index contributed by atoms with van der Waals surface area (Å²) >= 11 is 0. The Morgan fingerprint density at radius 2 is 1.82 bits per heavy atom. The number of carbonyl (C=O) groups excluding carboxylic acids is 1. The molecular formula is C20H23NO. The minimum atomic E-state index is 0.271. The normalized spacial score (nSPS) is 13.8. The van der Waals surface area contributed by atoms with Gasteiger partial charge in [-0.1, -0.05) is 42.5 Å². The number of benzene rings is 2. The Balaban J connectivity index is 1.60. The summed E-state index contributed by atoms with van der Waals surface area (Å²) in [6.45, 7) is 5.86. The molecule has 0 saturated carbocycles. The van der Waals surface area contributed by atoms with Gasteiger partial charge in [-0.05, 0) is 54.5 Å². The van der Waals surface area contributed by atoms with Crippen LogP contribution in [0.1, 0.15) is 34.2 Å². The van der Waals surface area contributed by atoms with Crippen LogP contribution in [0.4, 0.5) is 0 Å². The van der Waals surface area contributed by atoms with Crippen LogP contribution >= 0.6 is 0 Å². The molecule has 1 aliphatic heterocycles.